The van der Waals surface area contributed by atoms with Crippen molar-refractivity contribution in [1.82, 2.24) is 24.1 Å². The lowest BCUT2D eigenvalue weighted by Crippen LogP contribution is -2.34. The summed E-state index contributed by atoms with van der Waals surface area (Å²) in [6.07, 6.45) is 0.948. The molecule has 8 heteroatoms. The molecule has 3 aromatic heterocycles. The molecule has 2 aromatic carbocycles. The van der Waals surface area contributed by atoms with E-state index in [1.165, 1.54) is 10.4 Å². The molecule has 5 rings (SSSR count). The Morgan fingerprint density at radius 3 is 2.56 bits per heavy atom. The summed E-state index contributed by atoms with van der Waals surface area (Å²) in [5.74, 6) is 2.21. The number of hydrogen-bond donors (Lipinski definition) is 0. The fraction of sp³-hybridized carbons (Fsp3) is 0.269. The van der Waals surface area contributed by atoms with Gasteiger partial charge in [0.15, 0.2) is 5.82 Å². The van der Waals surface area contributed by atoms with Gasteiger partial charge < -0.3 is 4.74 Å². The average molecular weight is 474 g/mol. The third kappa shape index (κ3) is 4.22. The van der Waals surface area contributed by atoms with Crippen LogP contribution in [0, 0.1) is 0 Å². The van der Waals surface area contributed by atoms with Gasteiger partial charge in [-0.05, 0) is 54.6 Å². The standard InChI is InChI=1S/C26H27N5O2S/c1-18(15-21-7-6-14-34-21)30(16-19-10-12-20(33-3)13-11-19)17-24-27-28-26-29(2)25(32)22-8-4-5-9-23(22)31(24)26/h4-14,18H,15-17H2,1-3H3. The number of benzene rings is 2. The second-order valence-electron chi connectivity index (χ2n) is 8.52. The van der Waals surface area contributed by atoms with Gasteiger partial charge in [-0.15, -0.1) is 21.5 Å². The van der Waals surface area contributed by atoms with Gasteiger partial charge in [-0.3, -0.25) is 18.7 Å². The highest BCUT2D eigenvalue weighted by atomic mass is 32.1. The zero-order chi connectivity index (χ0) is 23.7. The highest BCUT2D eigenvalue weighted by Crippen LogP contribution is 2.21. The summed E-state index contributed by atoms with van der Waals surface area (Å²) in [7, 11) is 3.43. The molecule has 5 aromatic rings. The van der Waals surface area contributed by atoms with Crippen molar-refractivity contribution in [2.45, 2.75) is 32.5 Å². The Labute approximate surface area is 201 Å². The number of fused-ring (bicyclic) bond motifs is 3. The molecule has 0 amide bonds. The predicted octanol–water partition coefficient (Wildman–Crippen LogP) is 4.28. The summed E-state index contributed by atoms with van der Waals surface area (Å²) in [6.45, 7) is 3.61. The van der Waals surface area contributed by atoms with Crippen LogP contribution in [-0.4, -0.2) is 37.2 Å². The molecule has 3 heterocycles. The van der Waals surface area contributed by atoms with Crippen molar-refractivity contribution in [3.63, 3.8) is 0 Å². The van der Waals surface area contributed by atoms with Crippen LogP contribution in [0.5, 0.6) is 5.75 Å². The van der Waals surface area contributed by atoms with E-state index in [-0.39, 0.29) is 11.6 Å². The number of aryl methyl sites for hydroxylation is 1. The van der Waals surface area contributed by atoms with Gasteiger partial charge in [0.1, 0.15) is 5.75 Å². The van der Waals surface area contributed by atoms with Crippen LogP contribution in [-0.2, 0) is 26.6 Å². The first-order valence-electron chi connectivity index (χ1n) is 11.3. The molecule has 7 nitrogen and oxygen atoms in total. The minimum Gasteiger partial charge on any atom is -0.497 e. The lowest BCUT2D eigenvalue weighted by Gasteiger charge is -2.28. The van der Waals surface area contributed by atoms with Gasteiger partial charge in [-0.2, -0.15) is 0 Å². The largest absolute Gasteiger partial charge is 0.497 e. The molecule has 0 spiro atoms. The summed E-state index contributed by atoms with van der Waals surface area (Å²) in [5.41, 5.74) is 1.96. The van der Waals surface area contributed by atoms with E-state index in [2.05, 4.69) is 51.7 Å². The van der Waals surface area contributed by atoms with Gasteiger partial charge in [0.25, 0.3) is 5.56 Å². The van der Waals surface area contributed by atoms with Crippen LogP contribution >= 0.6 is 11.3 Å². The van der Waals surface area contributed by atoms with E-state index < -0.39 is 0 Å². The zero-order valence-electron chi connectivity index (χ0n) is 19.5. The monoisotopic (exact) mass is 473 g/mol. The molecule has 0 saturated heterocycles. The Hall–Kier alpha value is -3.49. The Bertz CT molecular complexity index is 1470. The third-order valence-electron chi connectivity index (χ3n) is 6.28. The number of nitrogens with zero attached hydrogens (tertiary/aromatic N) is 5. The van der Waals surface area contributed by atoms with E-state index in [9.17, 15) is 4.79 Å². The van der Waals surface area contributed by atoms with Crippen molar-refractivity contribution in [1.29, 1.82) is 0 Å². The van der Waals surface area contributed by atoms with Crippen LogP contribution < -0.4 is 10.3 Å². The number of para-hydroxylation sites is 1. The molecular formula is C26H27N5O2S. The molecule has 0 aliphatic rings. The van der Waals surface area contributed by atoms with Crippen LogP contribution in [0.3, 0.4) is 0 Å². The molecule has 1 atom stereocenters. The summed E-state index contributed by atoms with van der Waals surface area (Å²) >= 11 is 1.78. The average Bonchev–Trinajstić information content (AvgIpc) is 3.53. The van der Waals surface area contributed by atoms with Gasteiger partial charge in [0.2, 0.25) is 5.78 Å². The SMILES string of the molecule is COc1ccc(CN(Cc2nnc3n(C)c(=O)c4ccccc4n23)C(C)Cc2cccs2)cc1. The Kier molecular flexibility index (Phi) is 6.17. The van der Waals surface area contributed by atoms with Gasteiger partial charge in [-0.1, -0.05) is 30.3 Å². The Balaban J connectivity index is 1.54. The molecule has 0 radical (unpaired) electrons. The van der Waals surface area contributed by atoms with Gasteiger partial charge >= 0.3 is 0 Å². The lowest BCUT2D eigenvalue weighted by molar-refractivity contribution is 0.185. The highest BCUT2D eigenvalue weighted by Gasteiger charge is 2.21. The number of ether oxygens (including phenoxy) is 1. The first-order valence-corrected chi connectivity index (χ1v) is 12.1. The van der Waals surface area contributed by atoms with E-state index in [0.717, 1.165) is 30.1 Å². The second-order valence-corrected chi connectivity index (χ2v) is 9.55. The molecule has 1 unspecified atom stereocenters. The van der Waals surface area contributed by atoms with Crippen LogP contribution in [0.2, 0.25) is 0 Å². The lowest BCUT2D eigenvalue weighted by atomic mass is 10.1. The maximum absolute atomic E-state index is 12.8. The normalized spacial score (nSPS) is 12.6. The molecule has 0 saturated carbocycles. The summed E-state index contributed by atoms with van der Waals surface area (Å²) in [5, 5.41) is 11.7. The maximum Gasteiger partial charge on any atom is 0.262 e. The van der Waals surface area contributed by atoms with Gasteiger partial charge in [0.05, 0.1) is 24.6 Å². The minimum atomic E-state index is -0.0665. The van der Waals surface area contributed by atoms with Crippen molar-refractivity contribution in [2.75, 3.05) is 7.11 Å². The number of aromatic nitrogens is 4. The molecule has 174 valence electrons. The Morgan fingerprint density at radius 2 is 1.82 bits per heavy atom. The summed E-state index contributed by atoms with van der Waals surface area (Å²) in [6, 6.07) is 20.4. The maximum atomic E-state index is 12.8. The quantitative estimate of drug-likeness (QED) is 0.337. The molecule has 0 aliphatic heterocycles. The van der Waals surface area contributed by atoms with E-state index in [1.54, 1.807) is 30.1 Å². The topological polar surface area (TPSA) is 64.7 Å². The van der Waals surface area contributed by atoms with Gasteiger partial charge in [0, 0.05) is 24.5 Å². The van der Waals surface area contributed by atoms with Crippen molar-refractivity contribution in [3.05, 3.63) is 92.7 Å². The minimum absolute atomic E-state index is 0.0665. The summed E-state index contributed by atoms with van der Waals surface area (Å²) in [4.78, 5) is 16.6. The predicted molar refractivity (Wildman–Crippen MR) is 135 cm³/mol. The zero-order valence-corrected chi connectivity index (χ0v) is 20.3. The Morgan fingerprint density at radius 1 is 1.03 bits per heavy atom. The smallest absolute Gasteiger partial charge is 0.262 e. The number of rotatable bonds is 8. The summed E-state index contributed by atoms with van der Waals surface area (Å²) < 4.78 is 8.91. The fourth-order valence-electron chi connectivity index (χ4n) is 4.36. The van der Waals surface area contributed by atoms with Gasteiger partial charge in [-0.25, -0.2) is 0 Å². The van der Waals surface area contributed by atoms with Crippen LogP contribution in [0.1, 0.15) is 23.2 Å². The second kappa shape index (κ2) is 9.40. The van der Waals surface area contributed by atoms with E-state index in [4.69, 9.17) is 4.74 Å². The van der Waals surface area contributed by atoms with Crippen molar-refractivity contribution in [2.24, 2.45) is 7.05 Å². The van der Waals surface area contributed by atoms with Crippen molar-refractivity contribution >= 4 is 28.0 Å². The molecule has 0 N–H and O–H groups in total. The molecule has 34 heavy (non-hydrogen) atoms. The number of hydrogen-bond acceptors (Lipinski definition) is 6. The van der Waals surface area contributed by atoms with Crippen molar-refractivity contribution < 1.29 is 4.74 Å². The highest BCUT2D eigenvalue weighted by molar-refractivity contribution is 7.09. The van der Waals surface area contributed by atoms with Crippen molar-refractivity contribution in [3.8, 4) is 5.75 Å². The van der Waals surface area contributed by atoms with E-state index >= 15 is 0 Å². The number of methoxy groups -OCH3 is 1. The molecule has 0 bridgehead atoms. The van der Waals surface area contributed by atoms with Crippen LogP contribution in [0.4, 0.5) is 0 Å². The molecule has 0 aliphatic carbocycles. The fourth-order valence-corrected chi connectivity index (χ4v) is 5.18. The molecular weight excluding hydrogens is 446 g/mol. The van der Waals surface area contributed by atoms with E-state index in [1.807, 2.05) is 40.8 Å². The number of thiophene rings is 1. The van der Waals surface area contributed by atoms with E-state index in [0.29, 0.717) is 17.7 Å². The van der Waals surface area contributed by atoms with Crippen LogP contribution in [0.15, 0.2) is 70.8 Å². The first kappa shape index (κ1) is 22.3. The third-order valence-corrected chi connectivity index (χ3v) is 7.18. The first-order chi connectivity index (χ1) is 16.5. The molecule has 0 fully saturated rings. The van der Waals surface area contributed by atoms with Crippen LogP contribution in [0.25, 0.3) is 16.7 Å².